The Hall–Kier alpha value is -4.06. The van der Waals surface area contributed by atoms with Crippen LogP contribution >= 0.6 is 0 Å². The van der Waals surface area contributed by atoms with E-state index in [4.69, 9.17) is 10.5 Å². The smallest absolute Gasteiger partial charge is 0.271 e. The Morgan fingerprint density at radius 3 is 2.58 bits per heavy atom. The molecule has 1 amide bonds. The van der Waals surface area contributed by atoms with Gasteiger partial charge in [-0.1, -0.05) is 0 Å². The van der Waals surface area contributed by atoms with Gasteiger partial charge in [0.25, 0.3) is 11.6 Å². The van der Waals surface area contributed by atoms with Gasteiger partial charge in [0.1, 0.15) is 17.4 Å². The van der Waals surface area contributed by atoms with E-state index in [1.54, 1.807) is 30.3 Å². The van der Waals surface area contributed by atoms with E-state index >= 15 is 0 Å². The van der Waals surface area contributed by atoms with Gasteiger partial charge in [0.15, 0.2) is 0 Å². The minimum Gasteiger partial charge on any atom is -0.495 e. The minimum atomic E-state index is -0.644. The van der Waals surface area contributed by atoms with Crippen molar-refractivity contribution in [2.75, 3.05) is 23.5 Å². The van der Waals surface area contributed by atoms with Crippen molar-refractivity contribution < 1.29 is 14.5 Å². The molecule has 0 fully saturated rings. The highest BCUT2D eigenvalue weighted by Crippen LogP contribution is 2.29. The number of nitrogens with zero attached hydrogens (tertiary/aromatic N) is 2. The van der Waals surface area contributed by atoms with Crippen molar-refractivity contribution in [3.63, 3.8) is 0 Å². The second-order valence-corrected chi connectivity index (χ2v) is 5.03. The van der Waals surface area contributed by atoms with Gasteiger partial charge in [-0.05, 0) is 30.3 Å². The number of nitrogen functional groups attached to an aromatic ring is 1. The van der Waals surface area contributed by atoms with Crippen molar-refractivity contribution in [2.24, 2.45) is 0 Å². The van der Waals surface area contributed by atoms with Crippen LogP contribution in [-0.2, 0) is 4.79 Å². The van der Waals surface area contributed by atoms with Gasteiger partial charge >= 0.3 is 0 Å². The Morgan fingerprint density at radius 2 is 2.00 bits per heavy atom. The highest BCUT2D eigenvalue weighted by molar-refractivity contribution is 6.06. The van der Waals surface area contributed by atoms with Gasteiger partial charge in [-0.2, -0.15) is 5.26 Å². The van der Waals surface area contributed by atoms with Gasteiger partial charge in [-0.15, -0.1) is 0 Å². The fourth-order valence-corrected chi connectivity index (χ4v) is 1.99. The number of carbonyl (C=O) groups is 1. The number of ether oxygens (including phenoxy) is 1. The molecule has 0 unspecified atom stereocenters. The molecule has 9 nitrogen and oxygen atoms in total. The number of nitrogens with two attached hydrogens (primary N) is 1. The van der Waals surface area contributed by atoms with Crippen LogP contribution in [0.25, 0.3) is 0 Å². The molecule has 2 aromatic carbocycles. The van der Waals surface area contributed by atoms with E-state index in [1.165, 1.54) is 25.3 Å². The van der Waals surface area contributed by atoms with Crippen molar-refractivity contribution in [2.45, 2.75) is 0 Å². The van der Waals surface area contributed by atoms with Crippen molar-refractivity contribution >= 4 is 28.7 Å². The van der Waals surface area contributed by atoms with Crippen LogP contribution in [0.4, 0.5) is 22.7 Å². The van der Waals surface area contributed by atoms with Gasteiger partial charge in [0.05, 0.1) is 17.7 Å². The molecule has 0 bridgehead atoms. The number of nitriles is 1. The lowest BCUT2D eigenvalue weighted by atomic mass is 10.2. The predicted octanol–water partition coefficient (Wildman–Crippen LogP) is 2.64. The Morgan fingerprint density at radius 1 is 1.31 bits per heavy atom. The number of carbonyl (C=O) groups excluding carboxylic acids is 1. The molecular formula is C17H15N5O4. The zero-order chi connectivity index (χ0) is 19.1. The van der Waals surface area contributed by atoms with Gasteiger partial charge in [0, 0.05) is 29.7 Å². The van der Waals surface area contributed by atoms with E-state index in [0.717, 1.165) is 6.20 Å². The summed E-state index contributed by atoms with van der Waals surface area (Å²) in [6.07, 6.45) is 1.15. The molecule has 0 heterocycles. The summed E-state index contributed by atoms with van der Waals surface area (Å²) in [5.41, 5.74) is 6.44. The monoisotopic (exact) mass is 353 g/mol. The Kier molecular flexibility index (Phi) is 5.74. The summed E-state index contributed by atoms with van der Waals surface area (Å²) in [7, 11) is 1.40. The number of nitro benzene ring substituents is 1. The van der Waals surface area contributed by atoms with Crippen LogP contribution < -0.4 is 21.1 Å². The number of amides is 1. The number of hydrogen-bond acceptors (Lipinski definition) is 7. The average molecular weight is 353 g/mol. The Balaban J connectivity index is 2.20. The Bertz CT molecular complexity index is 900. The molecule has 2 aromatic rings. The van der Waals surface area contributed by atoms with E-state index in [0.29, 0.717) is 17.1 Å². The quantitative estimate of drug-likeness (QED) is 0.238. The first-order valence-corrected chi connectivity index (χ1v) is 7.30. The first-order valence-electron chi connectivity index (χ1n) is 7.30. The first kappa shape index (κ1) is 18.3. The highest BCUT2D eigenvalue weighted by Gasteiger charge is 2.13. The third-order valence-electron chi connectivity index (χ3n) is 3.30. The lowest BCUT2D eigenvalue weighted by molar-refractivity contribution is -0.384. The van der Waals surface area contributed by atoms with E-state index < -0.39 is 10.8 Å². The number of nitrogens with one attached hydrogen (secondary N) is 2. The third-order valence-corrected chi connectivity index (χ3v) is 3.30. The topological polar surface area (TPSA) is 143 Å². The van der Waals surface area contributed by atoms with Crippen LogP contribution in [0.15, 0.2) is 54.2 Å². The lowest BCUT2D eigenvalue weighted by Gasteiger charge is -2.09. The summed E-state index contributed by atoms with van der Waals surface area (Å²) < 4.78 is 5.10. The maximum atomic E-state index is 12.2. The van der Waals surface area contributed by atoms with Crippen molar-refractivity contribution in [3.05, 3.63) is 64.4 Å². The second-order valence-electron chi connectivity index (χ2n) is 5.03. The standard InChI is InChI=1S/C17H15N5O4/c1-26-16-7-6-14(22(24)25)8-15(16)20-10-11(9-18)17(23)21-13-4-2-12(19)3-5-13/h2-8,10,20H,19H2,1H3,(H,21,23)/b11-10-. The zero-order valence-corrected chi connectivity index (χ0v) is 13.7. The molecule has 0 aliphatic rings. The van der Waals surface area contributed by atoms with Crippen LogP contribution in [0, 0.1) is 21.4 Å². The number of nitro groups is 1. The van der Waals surface area contributed by atoms with E-state index in [9.17, 15) is 20.2 Å². The zero-order valence-electron chi connectivity index (χ0n) is 13.7. The number of non-ortho nitro benzene ring substituents is 1. The number of methoxy groups -OCH3 is 1. The van der Waals surface area contributed by atoms with Crippen molar-refractivity contribution in [1.29, 1.82) is 5.26 Å². The molecule has 0 aliphatic carbocycles. The number of benzene rings is 2. The SMILES string of the molecule is COc1ccc([N+](=O)[O-])cc1N/C=C(/C#N)C(=O)Nc1ccc(N)cc1. The lowest BCUT2D eigenvalue weighted by Crippen LogP contribution is -2.14. The van der Waals surface area contributed by atoms with Gasteiger partial charge < -0.3 is 21.1 Å². The summed E-state index contributed by atoms with van der Waals surface area (Å²) in [5.74, 6) is -0.322. The van der Waals surface area contributed by atoms with Crippen LogP contribution in [0.5, 0.6) is 5.75 Å². The summed E-state index contributed by atoms with van der Waals surface area (Å²) in [4.78, 5) is 22.5. The summed E-state index contributed by atoms with van der Waals surface area (Å²) in [6.45, 7) is 0. The molecule has 0 aromatic heterocycles. The van der Waals surface area contributed by atoms with E-state index in [1.807, 2.05) is 0 Å². The molecular weight excluding hydrogens is 338 g/mol. The van der Waals surface area contributed by atoms with Crippen LogP contribution in [0.3, 0.4) is 0 Å². The highest BCUT2D eigenvalue weighted by atomic mass is 16.6. The summed E-state index contributed by atoms with van der Waals surface area (Å²) in [5, 5.41) is 25.3. The minimum absolute atomic E-state index is 0.161. The molecule has 132 valence electrons. The average Bonchev–Trinajstić information content (AvgIpc) is 2.63. The maximum absolute atomic E-state index is 12.2. The van der Waals surface area contributed by atoms with Crippen molar-refractivity contribution in [1.82, 2.24) is 0 Å². The van der Waals surface area contributed by atoms with Crippen LogP contribution in [0.1, 0.15) is 0 Å². The molecule has 26 heavy (non-hydrogen) atoms. The molecule has 4 N–H and O–H groups in total. The second kappa shape index (κ2) is 8.16. The Labute approximate surface area is 148 Å². The molecule has 0 atom stereocenters. The number of anilines is 3. The number of rotatable bonds is 6. The molecule has 0 aliphatic heterocycles. The third kappa shape index (κ3) is 4.48. The van der Waals surface area contributed by atoms with E-state index in [-0.39, 0.29) is 16.9 Å². The maximum Gasteiger partial charge on any atom is 0.271 e. The van der Waals surface area contributed by atoms with Gasteiger partial charge in [-0.3, -0.25) is 14.9 Å². The summed E-state index contributed by atoms with van der Waals surface area (Å²) >= 11 is 0. The molecule has 0 saturated heterocycles. The van der Waals surface area contributed by atoms with E-state index in [2.05, 4.69) is 10.6 Å². The predicted molar refractivity (Wildman–Crippen MR) is 96.5 cm³/mol. The summed E-state index contributed by atoms with van der Waals surface area (Å²) in [6, 6.07) is 12.1. The first-order chi connectivity index (χ1) is 12.4. The fraction of sp³-hybridized carbons (Fsp3) is 0.0588. The fourth-order valence-electron chi connectivity index (χ4n) is 1.99. The molecule has 0 saturated carbocycles. The van der Waals surface area contributed by atoms with Gasteiger partial charge in [0.2, 0.25) is 0 Å². The van der Waals surface area contributed by atoms with Gasteiger partial charge in [-0.25, -0.2) is 0 Å². The van der Waals surface area contributed by atoms with Crippen LogP contribution in [0.2, 0.25) is 0 Å². The molecule has 2 rings (SSSR count). The van der Waals surface area contributed by atoms with Crippen LogP contribution in [-0.4, -0.2) is 17.9 Å². The molecule has 0 radical (unpaired) electrons. The largest absolute Gasteiger partial charge is 0.495 e. The molecule has 9 heteroatoms. The molecule has 0 spiro atoms. The normalized spacial score (nSPS) is 10.5. The van der Waals surface area contributed by atoms with Crippen molar-refractivity contribution in [3.8, 4) is 11.8 Å². The number of hydrogen-bond donors (Lipinski definition) is 3.